The maximum atomic E-state index is 12.5. The van der Waals surface area contributed by atoms with E-state index in [-0.39, 0.29) is 5.91 Å². The van der Waals surface area contributed by atoms with Gasteiger partial charge in [0, 0.05) is 18.0 Å². The van der Waals surface area contributed by atoms with Crippen LogP contribution in [0.4, 0.5) is 11.5 Å². The highest BCUT2D eigenvalue weighted by Gasteiger charge is 2.11. The highest BCUT2D eigenvalue weighted by atomic mass is 16.1. The third-order valence-electron chi connectivity index (χ3n) is 3.72. The molecule has 2 aromatic heterocycles. The van der Waals surface area contributed by atoms with Gasteiger partial charge in [-0.15, -0.1) is 0 Å². The van der Waals surface area contributed by atoms with Crippen LogP contribution in [0.5, 0.6) is 0 Å². The molecule has 0 aliphatic heterocycles. The van der Waals surface area contributed by atoms with Crippen molar-refractivity contribution in [2.24, 2.45) is 0 Å². The van der Waals surface area contributed by atoms with Gasteiger partial charge in [-0.1, -0.05) is 18.2 Å². The largest absolute Gasteiger partial charge is 0.364 e. The highest BCUT2D eigenvalue weighted by Crippen LogP contribution is 2.17. The molecule has 0 radical (unpaired) electrons. The number of aryl methyl sites for hydroxylation is 2. The van der Waals surface area contributed by atoms with Gasteiger partial charge in [0.25, 0.3) is 5.91 Å². The van der Waals surface area contributed by atoms with Crippen molar-refractivity contribution < 1.29 is 4.79 Å². The number of hydrogen-bond acceptors (Lipinski definition) is 5. The quantitative estimate of drug-likeness (QED) is 0.748. The Bertz CT molecular complexity index is 880. The van der Waals surface area contributed by atoms with E-state index in [1.54, 1.807) is 12.3 Å². The van der Waals surface area contributed by atoms with Crippen molar-refractivity contribution in [1.29, 1.82) is 0 Å². The van der Waals surface area contributed by atoms with Crippen molar-refractivity contribution >= 4 is 17.4 Å². The van der Waals surface area contributed by atoms with Crippen LogP contribution < -0.4 is 10.6 Å². The molecule has 0 aliphatic carbocycles. The zero-order valence-electron chi connectivity index (χ0n) is 14.2. The molecular formula is C19H19N5O. The number of nitrogens with zero attached hydrogens (tertiary/aromatic N) is 3. The second kappa shape index (κ2) is 7.53. The molecule has 1 amide bonds. The van der Waals surface area contributed by atoms with Gasteiger partial charge in [-0.25, -0.2) is 9.97 Å². The van der Waals surface area contributed by atoms with E-state index in [9.17, 15) is 4.79 Å². The van der Waals surface area contributed by atoms with Crippen LogP contribution in [0.1, 0.15) is 27.3 Å². The SMILES string of the molecule is Cc1ccc(C)c(NC(=O)c2cc(NCc3ccccn3)ncn2)c1. The van der Waals surface area contributed by atoms with Gasteiger partial charge in [-0.05, 0) is 43.2 Å². The standard InChI is InChI=1S/C19H19N5O/c1-13-6-7-14(2)16(9-13)24-19(25)17-10-18(23-12-22-17)21-11-15-5-3-4-8-20-15/h3-10,12H,11H2,1-2H3,(H,24,25)(H,21,22,23). The topological polar surface area (TPSA) is 79.8 Å². The van der Waals surface area contributed by atoms with Crippen LogP contribution >= 0.6 is 0 Å². The molecular weight excluding hydrogens is 314 g/mol. The van der Waals surface area contributed by atoms with E-state index >= 15 is 0 Å². The summed E-state index contributed by atoms with van der Waals surface area (Å²) < 4.78 is 0. The first-order valence-electron chi connectivity index (χ1n) is 7.96. The summed E-state index contributed by atoms with van der Waals surface area (Å²) in [6.45, 7) is 4.46. The Labute approximate surface area is 146 Å². The van der Waals surface area contributed by atoms with Crippen LogP contribution in [0.25, 0.3) is 0 Å². The highest BCUT2D eigenvalue weighted by molar-refractivity contribution is 6.03. The molecule has 0 aliphatic rings. The maximum Gasteiger partial charge on any atom is 0.274 e. The monoisotopic (exact) mass is 333 g/mol. The van der Waals surface area contributed by atoms with Crippen molar-refractivity contribution in [3.05, 3.63) is 77.5 Å². The van der Waals surface area contributed by atoms with E-state index in [0.29, 0.717) is 18.1 Å². The number of carbonyl (C=O) groups is 1. The van der Waals surface area contributed by atoms with Crippen molar-refractivity contribution in [3.8, 4) is 0 Å². The first-order valence-corrected chi connectivity index (χ1v) is 7.96. The van der Waals surface area contributed by atoms with E-state index < -0.39 is 0 Å². The molecule has 0 saturated heterocycles. The van der Waals surface area contributed by atoms with Crippen molar-refractivity contribution in [1.82, 2.24) is 15.0 Å². The molecule has 0 spiro atoms. The lowest BCUT2D eigenvalue weighted by Gasteiger charge is -2.10. The number of anilines is 2. The van der Waals surface area contributed by atoms with Gasteiger partial charge >= 0.3 is 0 Å². The number of aromatic nitrogens is 3. The predicted octanol–water partition coefficient (Wildman–Crippen LogP) is 3.35. The molecule has 3 rings (SSSR count). The number of amides is 1. The Morgan fingerprint density at radius 3 is 2.72 bits per heavy atom. The van der Waals surface area contributed by atoms with Gasteiger partial charge in [0.1, 0.15) is 17.8 Å². The second-order valence-corrected chi connectivity index (χ2v) is 5.74. The molecule has 0 bridgehead atoms. The summed E-state index contributed by atoms with van der Waals surface area (Å²) >= 11 is 0. The predicted molar refractivity (Wildman–Crippen MR) is 97.5 cm³/mol. The number of carbonyl (C=O) groups excluding carboxylic acids is 1. The fourth-order valence-electron chi connectivity index (χ4n) is 2.32. The lowest BCUT2D eigenvalue weighted by molar-refractivity contribution is 0.102. The summed E-state index contributed by atoms with van der Waals surface area (Å²) in [4.78, 5) is 24.9. The lowest BCUT2D eigenvalue weighted by Crippen LogP contribution is -2.15. The molecule has 0 atom stereocenters. The third-order valence-corrected chi connectivity index (χ3v) is 3.72. The average Bonchev–Trinajstić information content (AvgIpc) is 2.64. The van der Waals surface area contributed by atoms with E-state index in [1.165, 1.54) is 6.33 Å². The zero-order valence-corrected chi connectivity index (χ0v) is 14.2. The molecule has 25 heavy (non-hydrogen) atoms. The molecule has 0 fully saturated rings. The molecule has 0 saturated carbocycles. The first kappa shape index (κ1) is 16.6. The van der Waals surface area contributed by atoms with Crippen LogP contribution in [0.2, 0.25) is 0 Å². The van der Waals surface area contributed by atoms with E-state index in [0.717, 1.165) is 22.5 Å². The minimum Gasteiger partial charge on any atom is -0.364 e. The van der Waals surface area contributed by atoms with Crippen molar-refractivity contribution in [2.45, 2.75) is 20.4 Å². The Kier molecular flexibility index (Phi) is 4.99. The molecule has 6 heteroatoms. The smallest absolute Gasteiger partial charge is 0.274 e. The Balaban J connectivity index is 1.70. The summed E-state index contributed by atoms with van der Waals surface area (Å²) in [6, 6.07) is 13.3. The first-order chi connectivity index (χ1) is 12.1. The summed E-state index contributed by atoms with van der Waals surface area (Å²) in [6.07, 6.45) is 3.11. The maximum absolute atomic E-state index is 12.5. The van der Waals surface area contributed by atoms with E-state index in [2.05, 4.69) is 25.6 Å². The molecule has 2 heterocycles. The third kappa shape index (κ3) is 4.38. The second-order valence-electron chi connectivity index (χ2n) is 5.74. The van der Waals surface area contributed by atoms with Gasteiger partial charge < -0.3 is 10.6 Å². The normalized spacial score (nSPS) is 10.3. The Morgan fingerprint density at radius 1 is 1.04 bits per heavy atom. The lowest BCUT2D eigenvalue weighted by atomic mass is 10.1. The minimum atomic E-state index is -0.267. The molecule has 0 unspecified atom stereocenters. The zero-order chi connectivity index (χ0) is 17.6. The number of nitrogens with one attached hydrogen (secondary N) is 2. The molecule has 3 aromatic rings. The number of benzene rings is 1. The van der Waals surface area contributed by atoms with E-state index in [1.807, 2.05) is 50.2 Å². The molecule has 126 valence electrons. The van der Waals surface area contributed by atoms with Crippen molar-refractivity contribution in [3.63, 3.8) is 0 Å². The molecule has 6 nitrogen and oxygen atoms in total. The van der Waals surface area contributed by atoms with Gasteiger partial charge in [0.2, 0.25) is 0 Å². The summed E-state index contributed by atoms with van der Waals surface area (Å²) in [7, 11) is 0. The van der Waals surface area contributed by atoms with Gasteiger partial charge in [0.05, 0.1) is 12.2 Å². The van der Waals surface area contributed by atoms with Gasteiger partial charge in [-0.2, -0.15) is 0 Å². The summed E-state index contributed by atoms with van der Waals surface area (Å²) in [5, 5.41) is 6.05. The fourth-order valence-corrected chi connectivity index (χ4v) is 2.32. The van der Waals surface area contributed by atoms with Crippen LogP contribution in [-0.2, 0) is 6.54 Å². The number of pyridine rings is 1. The summed E-state index contributed by atoms with van der Waals surface area (Å²) in [5.41, 5.74) is 4.07. The number of hydrogen-bond donors (Lipinski definition) is 2. The van der Waals surface area contributed by atoms with Gasteiger partial charge in [0.15, 0.2) is 0 Å². The number of rotatable bonds is 5. The van der Waals surface area contributed by atoms with E-state index in [4.69, 9.17) is 0 Å². The van der Waals surface area contributed by atoms with Gasteiger partial charge in [-0.3, -0.25) is 9.78 Å². The average molecular weight is 333 g/mol. The minimum absolute atomic E-state index is 0.267. The molecule has 1 aromatic carbocycles. The summed E-state index contributed by atoms with van der Waals surface area (Å²) in [5.74, 6) is 0.309. The molecule has 2 N–H and O–H groups in total. The van der Waals surface area contributed by atoms with Crippen molar-refractivity contribution in [2.75, 3.05) is 10.6 Å². The van der Waals surface area contributed by atoms with Crippen LogP contribution in [0.15, 0.2) is 55.0 Å². The Morgan fingerprint density at radius 2 is 1.92 bits per heavy atom. The van der Waals surface area contributed by atoms with Crippen LogP contribution in [0, 0.1) is 13.8 Å². The Hall–Kier alpha value is -3.28. The fraction of sp³-hybridized carbons (Fsp3) is 0.158. The van der Waals surface area contributed by atoms with Crippen LogP contribution in [-0.4, -0.2) is 20.9 Å². The van der Waals surface area contributed by atoms with Crippen LogP contribution in [0.3, 0.4) is 0 Å².